The Bertz CT molecular complexity index is 424. The first-order valence-corrected chi connectivity index (χ1v) is 8.85. The van der Waals surface area contributed by atoms with Gasteiger partial charge < -0.3 is 4.74 Å². The molecule has 0 saturated carbocycles. The van der Waals surface area contributed by atoms with Gasteiger partial charge in [-0.05, 0) is 68.0 Å². The van der Waals surface area contributed by atoms with Gasteiger partial charge in [0.2, 0.25) is 0 Å². The van der Waals surface area contributed by atoms with Crippen LogP contribution < -0.4 is 4.74 Å². The molecule has 0 amide bonds. The Balaban J connectivity index is 1.73. The van der Waals surface area contributed by atoms with Crippen LogP contribution in [0.5, 0.6) is 5.75 Å². The normalized spacial score (nSPS) is 21.0. The molecule has 1 aliphatic rings. The van der Waals surface area contributed by atoms with E-state index in [1.54, 1.807) is 0 Å². The van der Waals surface area contributed by atoms with Gasteiger partial charge in [-0.3, -0.25) is 4.90 Å². The lowest BCUT2D eigenvalue weighted by Crippen LogP contribution is -2.30. The fraction of sp³-hybridized carbons (Fsp3) is 0.667. The number of benzene rings is 1. The maximum atomic E-state index is 5.84. The van der Waals surface area contributed by atoms with Crippen LogP contribution in [-0.4, -0.2) is 31.1 Å². The summed E-state index contributed by atoms with van der Waals surface area (Å²) in [5.41, 5.74) is 0.448. The molecule has 3 heteroatoms. The second kappa shape index (κ2) is 7.64. The van der Waals surface area contributed by atoms with Crippen molar-refractivity contribution in [2.45, 2.75) is 40.0 Å². The van der Waals surface area contributed by atoms with Gasteiger partial charge in [0.1, 0.15) is 12.4 Å². The third kappa shape index (κ3) is 5.63. The summed E-state index contributed by atoms with van der Waals surface area (Å²) in [5, 5.41) is 0. The van der Waals surface area contributed by atoms with E-state index in [4.69, 9.17) is 4.74 Å². The number of hydrogen-bond acceptors (Lipinski definition) is 2. The van der Waals surface area contributed by atoms with Gasteiger partial charge in [0, 0.05) is 11.0 Å². The maximum absolute atomic E-state index is 5.84. The molecule has 0 spiro atoms. The Kier molecular flexibility index (Phi) is 6.12. The van der Waals surface area contributed by atoms with Crippen molar-refractivity contribution in [3.63, 3.8) is 0 Å². The summed E-state index contributed by atoms with van der Waals surface area (Å²) in [6.45, 7) is 11.4. The minimum Gasteiger partial charge on any atom is -0.492 e. The van der Waals surface area contributed by atoms with E-state index in [0.29, 0.717) is 5.41 Å². The number of rotatable bonds is 4. The van der Waals surface area contributed by atoms with Crippen LogP contribution in [0.4, 0.5) is 0 Å². The first-order chi connectivity index (χ1) is 9.95. The fourth-order valence-corrected chi connectivity index (χ4v) is 3.33. The van der Waals surface area contributed by atoms with E-state index >= 15 is 0 Å². The molecule has 1 heterocycles. The van der Waals surface area contributed by atoms with Crippen molar-refractivity contribution < 1.29 is 4.74 Å². The molecular weight excluding hydrogens is 326 g/mol. The average Bonchev–Trinajstić information content (AvgIpc) is 2.66. The van der Waals surface area contributed by atoms with Crippen LogP contribution in [0.1, 0.15) is 40.0 Å². The highest BCUT2D eigenvalue weighted by Crippen LogP contribution is 2.34. The first-order valence-electron chi connectivity index (χ1n) is 8.06. The number of hydrogen-bond donors (Lipinski definition) is 0. The third-order valence-corrected chi connectivity index (χ3v) is 5.06. The summed E-state index contributed by atoms with van der Waals surface area (Å²) in [4.78, 5) is 2.56. The first kappa shape index (κ1) is 16.8. The van der Waals surface area contributed by atoms with Gasteiger partial charge >= 0.3 is 0 Å². The molecule has 1 aromatic carbocycles. The van der Waals surface area contributed by atoms with Crippen molar-refractivity contribution in [3.05, 3.63) is 28.7 Å². The number of nitrogens with zero attached hydrogens (tertiary/aromatic N) is 1. The van der Waals surface area contributed by atoms with E-state index in [9.17, 15) is 0 Å². The van der Waals surface area contributed by atoms with Gasteiger partial charge in [0.25, 0.3) is 0 Å². The third-order valence-electron chi connectivity index (χ3n) is 4.54. The van der Waals surface area contributed by atoms with Gasteiger partial charge in [-0.2, -0.15) is 0 Å². The Morgan fingerprint density at radius 3 is 2.52 bits per heavy atom. The van der Waals surface area contributed by atoms with E-state index in [-0.39, 0.29) is 0 Å². The summed E-state index contributed by atoms with van der Waals surface area (Å²) in [6.07, 6.45) is 4.01. The fourth-order valence-electron chi connectivity index (χ4n) is 3.07. The van der Waals surface area contributed by atoms with E-state index in [2.05, 4.69) is 41.6 Å². The molecule has 0 aliphatic carbocycles. The predicted molar refractivity (Wildman–Crippen MR) is 92.9 cm³/mol. The summed E-state index contributed by atoms with van der Waals surface area (Å²) < 4.78 is 6.93. The molecule has 1 aliphatic heterocycles. The molecule has 118 valence electrons. The lowest BCUT2D eigenvalue weighted by atomic mass is 9.77. The van der Waals surface area contributed by atoms with Crippen LogP contribution in [0, 0.1) is 11.3 Å². The van der Waals surface area contributed by atoms with Crippen LogP contribution >= 0.6 is 15.9 Å². The quantitative estimate of drug-likeness (QED) is 0.756. The molecule has 1 fully saturated rings. The molecule has 1 unspecified atom stereocenters. The average molecular weight is 354 g/mol. The van der Waals surface area contributed by atoms with E-state index in [1.165, 1.54) is 32.4 Å². The number of likely N-dealkylation sites (tertiary alicyclic amines) is 1. The van der Waals surface area contributed by atoms with Crippen molar-refractivity contribution in [2.75, 3.05) is 26.2 Å². The van der Waals surface area contributed by atoms with Crippen molar-refractivity contribution in [1.82, 2.24) is 4.90 Å². The molecule has 21 heavy (non-hydrogen) atoms. The van der Waals surface area contributed by atoms with E-state index in [0.717, 1.165) is 29.3 Å². The zero-order chi connectivity index (χ0) is 15.3. The van der Waals surface area contributed by atoms with E-state index < -0.39 is 0 Å². The molecule has 0 bridgehead atoms. The molecule has 2 nitrogen and oxygen atoms in total. The number of ether oxygens (including phenoxy) is 1. The van der Waals surface area contributed by atoms with Crippen LogP contribution in [0.3, 0.4) is 0 Å². The summed E-state index contributed by atoms with van der Waals surface area (Å²) in [6, 6.07) is 8.08. The van der Waals surface area contributed by atoms with Crippen LogP contribution in [0.25, 0.3) is 0 Å². The minimum atomic E-state index is 0.448. The Hall–Kier alpha value is -0.540. The van der Waals surface area contributed by atoms with Crippen molar-refractivity contribution >= 4 is 15.9 Å². The molecule has 1 atom stereocenters. The van der Waals surface area contributed by atoms with Crippen molar-refractivity contribution in [2.24, 2.45) is 11.3 Å². The lowest BCUT2D eigenvalue weighted by Gasteiger charge is -2.29. The molecule has 0 radical (unpaired) electrons. The monoisotopic (exact) mass is 353 g/mol. The molecule has 1 aromatic rings. The van der Waals surface area contributed by atoms with Crippen LogP contribution in [0.15, 0.2) is 28.7 Å². The summed E-state index contributed by atoms with van der Waals surface area (Å²) in [7, 11) is 0. The summed E-state index contributed by atoms with van der Waals surface area (Å²) in [5.74, 6) is 1.82. The highest BCUT2D eigenvalue weighted by Gasteiger charge is 2.26. The smallest absolute Gasteiger partial charge is 0.119 e. The number of halogens is 1. The SMILES string of the molecule is CC(C)(C)C1CCCN(CCOc2ccc(Br)cc2)CC1. The molecule has 2 rings (SSSR count). The van der Waals surface area contributed by atoms with Crippen LogP contribution in [0.2, 0.25) is 0 Å². The van der Waals surface area contributed by atoms with E-state index in [1.807, 2.05) is 24.3 Å². The molecule has 0 aromatic heterocycles. The standard InChI is InChI=1S/C18H28BrNO/c1-18(2,3)15-5-4-11-20(12-10-15)13-14-21-17-8-6-16(19)7-9-17/h6-9,15H,4-5,10-14H2,1-3H3. The van der Waals surface area contributed by atoms with Gasteiger partial charge in [0.05, 0.1) is 0 Å². The van der Waals surface area contributed by atoms with Crippen LogP contribution in [-0.2, 0) is 0 Å². The van der Waals surface area contributed by atoms with Gasteiger partial charge in [-0.1, -0.05) is 36.7 Å². The van der Waals surface area contributed by atoms with Gasteiger partial charge in [-0.15, -0.1) is 0 Å². The lowest BCUT2D eigenvalue weighted by molar-refractivity contribution is 0.192. The zero-order valence-electron chi connectivity index (χ0n) is 13.6. The highest BCUT2D eigenvalue weighted by molar-refractivity contribution is 9.10. The second-order valence-corrected chi connectivity index (χ2v) is 8.05. The zero-order valence-corrected chi connectivity index (χ0v) is 15.2. The topological polar surface area (TPSA) is 12.5 Å². The Morgan fingerprint density at radius 2 is 1.86 bits per heavy atom. The Morgan fingerprint density at radius 1 is 1.14 bits per heavy atom. The largest absolute Gasteiger partial charge is 0.492 e. The second-order valence-electron chi connectivity index (χ2n) is 7.14. The van der Waals surface area contributed by atoms with Gasteiger partial charge in [0.15, 0.2) is 0 Å². The summed E-state index contributed by atoms with van der Waals surface area (Å²) >= 11 is 3.44. The Labute approximate surface area is 138 Å². The molecule has 1 saturated heterocycles. The maximum Gasteiger partial charge on any atom is 0.119 e. The van der Waals surface area contributed by atoms with Crippen molar-refractivity contribution in [1.29, 1.82) is 0 Å². The van der Waals surface area contributed by atoms with Gasteiger partial charge in [-0.25, -0.2) is 0 Å². The predicted octanol–water partition coefficient (Wildman–Crippen LogP) is 4.98. The van der Waals surface area contributed by atoms with Crippen molar-refractivity contribution in [3.8, 4) is 5.75 Å². The molecule has 0 N–H and O–H groups in total. The highest BCUT2D eigenvalue weighted by atomic mass is 79.9. The minimum absolute atomic E-state index is 0.448. The molecular formula is C18H28BrNO.